The maximum Gasteiger partial charge on any atom is 0.256 e. The highest BCUT2D eigenvalue weighted by Crippen LogP contribution is 2.32. The van der Waals surface area contributed by atoms with Crippen LogP contribution in [0.1, 0.15) is 29.0 Å². The van der Waals surface area contributed by atoms with Gasteiger partial charge in [-0.15, -0.1) is 0 Å². The molecule has 1 fully saturated rings. The van der Waals surface area contributed by atoms with Crippen LogP contribution in [0.15, 0.2) is 41.0 Å². The summed E-state index contributed by atoms with van der Waals surface area (Å²) in [5.41, 5.74) is 0.362. The molecule has 27 heavy (non-hydrogen) atoms. The zero-order chi connectivity index (χ0) is 19.0. The van der Waals surface area contributed by atoms with E-state index in [1.807, 2.05) is 0 Å². The van der Waals surface area contributed by atoms with Crippen molar-refractivity contribution >= 4 is 23.4 Å². The van der Waals surface area contributed by atoms with Crippen LogP contribution in [0.2, 0.25) is 0 Å². The number of nitrogens with one attached hydrogen (secondary N) is 1. The van der Waals surface area contributed by atoms with Crippen molar-refractivity contribution in [2.24, 2.45) is 0 Å². The van der Waals surface area contributed by atoms with E-state index in [-0.39, 0.29) is 36.2 Å². The zero-order valence-corrected chi connectivity index (χ0v) is 14.5. The van der Waals surface area contributed by atoms with Crippen LogP contribution >= 0.6 is 0 Å². The second-order valence-corrected chi connectivity index (χ2v) is 6.60. The van der Waals surface area contributed by atoms with Crippen molar-refractivity contribution < 1.29 is 23.2 Å². The highest BCUT2D eigenvalue weighted by atomic mass is 19.1. The fourth-order valence-corrected chi connectivity index (χ4v) is 3.60. The van der Waals surface area contributed by atoms with Gasteiger partial charge in [0, 0.05) is 6.54 Å². The summed E-state index contributed by atoms with van der Waals surface area (Å²) in [4.78, 5) is 41.0. The zero-order valence-electron chi connectivity index (χ0n) is 14.5. The molecule has 0 bridgehead atoms. The number of amides is 3. The lowest BCUT2D eigenvalue weighted by molar-refractivity contribution is -0.125. The third-order valence-electron chi connectivity index (χ3n) is 4.89. The minimum Gasteiger partial charge on any atom is -0.467 e. The Kier molecular flexibility index (Phi) is 4.39. The molecule has 0 radical (unpaired) electrons. The molecule has 2 aromatic rings. The van der Waals surface area contributed by atoms with Gasteiger partial charge in [0.2, 0.25) is 11.8 Å². The van der Waals surface area contributed by atoms with Gasteiger partial charge >= 0.3 is 0 Å². The molecule has 3 heterocycles. The maximum absolute atomic E-state index is 13.7. The number of carbonyl (C=O) groups excluding carboxylic acids is 3. The molecule has 1 unspecified atom stereocenters. The number of hydrogen-bond donors (Lipinski definition) is 1. The molecule has 2 aliphatic heterocycles. The quantitative estimate of drug-likeness (QED) is 0.887. The number of benzene rings is 1. The Balaban J connectivity index is 1.61. The Bertz CT molecular complexity index is 896. The molecule has 1 aromatic carbocycles. The molecule has 4 rings (SSSR count). The number of nitrogens with zero attached hydrogens (tertiary/aromatic N) is 2. The first-order valence-corrected chi connectivity index (χ1v) is 8.75. The van der Waals surface area contributed by atoms with E-state index in [1.165, 1.54) is 28.2 Å². The van der Waals surface area contributed by atoms with Gasteiger partial charge in [0.05, 0.1) is 24.1 Å². The molecular weight excluding hydrogens is 353 g/mol. The predicted molar refractivity (Wildman–Crippen MR) is 93.4 cm³/mol. The van der Waals surface area contributed by atoms with Crippen molar-refractivity contribution in [1.82, 2.24) is 10.2 Å². The molecule has 0 saturated carbocycles. The third kappa shape index (κ3) is 3.18. The van der Waals surface area contributed by atoms with Gasteiger partial charge in [-0.1, -0.05) is 0 Å². The van der Waals surface area contributed by atoms with Gasteiger partial charge in [-0.25, -0.2) is 4.39 Å². The van der Waals surface area contributed by atoms with E-state index in [0.29, 0.717) is 25.1 Å². The number of furan rings is 1. The average Bonchev–Trinajstić information content (AvgIpc) is 3.33. The molecule has 8 heteroatoms. The summed E-state index contributed by atoms with van der Waals surface area (Å²) in [5.74, 6) is -1.06. The van der Waals surface area contributed by atoms with E-state index in [1.54, 1.807) is 12.1 Å². The fraction of sp³-hybridized carbons (Fsp3) is 0.316. The monoisotopic (exact) mass is 371 g/mol. The Hall–Kier alpha value is -3.16. The molecule has 140 valence electrons. The largest absolute Gasteiger partial charge is 0.467 e. The van der Waals surface area contributed by atoms with Crippen LogP contribution in [0, 0.1) is 5.82 Å². The van der Waals surface area contributed by atoms with Crippen LogP contribution in [0.5, 0.6) is 0 Å². The van der Waals surface area contributed by atoms with E-state index >= 15 is 0 Å². The van der Waals surface area contributed by atoms with Gasteiger partial charge in [-0.05, 0) is 43.2 Å². The van der Waals surface area contributed by atoms with Crippen molar-refractivity contribution in [3.05, 3.63) is 53.7 Å². The molecule has 1 atom stereocenters. The Morgan fingerprint density at radius 1 is 1.30 bits per heavy atom. The highest BCUT2D eigenvalue weighted by Gasteiger charge is 2.42. The van der Waals surface area contributed by atoms with Gasteiger partial charge < -0.3 is 19.5 Å². The van der Waals surface area contributed by atoms with Gasteiger partial charge in [-0.2, -0.15) is 0 Å². The third-order valence-corrected chi connectivity index (χ3v) is 4.89. The van der Waals surface area contributed by atoms with Gasteiger partial charge in [-0.3, -0.25) is 14.4 Å². The first-order valence-electron chi connectivity index (χ1n) is 8.75. The molecule has 1 saturated heterocycles. The Labute approximate surface area is 154 Å². The van der Waals surface area contributed by atoms with Crippen LogP contribution in [0.25, 0.3) is 0 Å². The summed E-state index contributed by atoms with van der Waals surface area (Å²) in [6, 6.07) is 6.51. The van der Waals surface area contributed by atoms with Crippen LogP contribution in [0.4, 0.5) is 10.1 Å². The number of rotatable bonds is 4. The van der Waals surface area contributed by atoms with E-state index < -0.39 is 17.8 Å². The lowest BCUT2D eigenvalue weighted by Crippen LogP contribution is -2.48. The van der Waals surface area contributed by atoms with Crippen molar-refractivity contribution in [3.8, 4) is 0 Å². The minimum atomic E-state index is -0.620. The summed E-state index contributed by atoms with van der Waals surface area (Å²) < 4.78 is 18.9. The van der Waals surface area contributed by atoms with Gasteiger partial charge in [0.15, 0.2) is 0 Å². The molecule has 3 amide bonds. The van der Waals surface area contributed by atoms with Crippen molar-refractivity contribution in [1.29, 1.82) is 0 Å². The maximum atomic E-state index is 13.7. The topological polar surface area (TPSA) is 82.9 Å². The first kappa shape index (κ1) is 17.3. The summed E-state index contributed by atoms with van der Waals surface area (Å²) >= 11 is 0. The van der Waals surface area contributed by atoms with Gasteiger partial charge in [0.1, 0.15) is 24.2 Å². The average molecular weight is 371 g/mol. The fourth-order valence-electron chi connectivity index (χ4n) is 3.60. The van der Waals surface area contributed by atoms with Crippen LogP contribution < -0.4 is 10.2 Å². The second kappa shape index (κ2) is 6.86. The SMILES string of the molecule is O=C(CN1C(=O)C2CCCN2C(=O)c2cc(F)ccc21)NCc1ccco1. The second-order valence-electron chi connectivity index (χ2n) is 6.60. The van der Waals surface area contributed by atoms with Crippen molar-refractivity contribution in [2.45, 2.75) is 25.4 Å². The lowest BCUT2D eigenvalue weighted by atomic mass is 10.1. The summed E-state index contributed by atoms with van der Waals surface area (Å²) in [6.45, 7) is 0.387. The smallest absolute Gasteiger partial charge is 0.256 e. The molecule has 1 N–H and O–H groups in total. The number of halogens is 1. The van der Waals surface area contributed by atoms with E-state index in [9.17, 15) is 18.8 Å². The summed E-state index contributed by atoms with van der Waals surface area (Å²) in [5, 5.41) is 2.69. The number of anilines is 1. The van der Waals surface area contributed by atoms with E-state index in [0.717, 1.165) is 6.07 Å². The summed E-state index contributed by atoms with van der Waals surface area (Å²) in [7, 11) is 0. The standard InChI is InChI=1S/C19H18FN3O4/c20-12-5-6-15-14(9-12)18(25)22-7-1-4-16(22)19(26)23(15)11-17(24)21-10-13-3-2-8-27-13/h2-3,5-6,8-9,16H,1,4,7,10-11H2,(H,21,24). The molecule has 0 aliphatic carbocycles. The Morgan fingerprint density at radius 2 is 2.15 bits per heavy atom. The molecule has 0 spiro atoms. The molecular formula is C19H18FN3O4. The van der Waals surface area contributed by atoms with Crippen LogP contribution in [0.3, 0.4) is 0 Å². The normalized spacial score (nSPS) is 18.9. The lowest BCUT2D eigenvalue weighted by Gasteiger charge is -2.25. The van der Waals surface area contributed by atoms with E-state index in [4.69, 9.17) is 4.42 Å². The number of carbonyl (C=O) groups is 3. The predicted octanol–water partition coefficient (Wildman–Crippen LogP) is 1.69. The van der Waals surface area contributed by atoms with Crippen molar-refractivity contribution in [3.63, 3.8) is 0 Å². The van der Waals surface area contributed by atoms with Crippen LogP contribution in [-0.2, 0) is 16.1 Å². The number of fused-ring (bicyclic) bond motifs is 2. The highest BCUT2D eigenvalue weighted by molar-refractivity contribution is 6.12. The first-order chi connectivity index (χ1) is 13.0. The number of hydrogen-bond acceptors (Lipinski definition) is 4. The van der Waals surface area contributed by atoms with Crippen LogP contribution in [-0.4, -0.2) is 41.8 Å². The van der Waals surface area contributed by atoms with E-state index in [2.05, 4.69) is 5.32 Å². The molecule has 7 nitrogen and oxygen atoms in total. The molecule has 2 aliphatic rings. The summed E-state index contributed by atoms with van der Waals surface area (Å²) in [6.07, 6.45) is 2.74. The minimum absolute atomic E-state index is 0.103. The Morgan fingerprint density at radius 3 is 2.93 bits per heavy atom. The van der Waals surface area contributed by atoms with Gasteiger partial charge in [0.25, 0.3) is 5.91 Å². The molecule has 1 aromatic heterocycles. The van der Waals surface area contributed by atoms with Crippen molar-refractivity contribution in [2.75, 3.05) is 18.0 Å².